The number of hydrogen-bond acceptors (Lipinski definition) is 3. The van der Waals surface area contributed by atoms with E-state index in [2.05, 4.69) is 185 Å². The largest absolute Gasteiger partial charge is 0.309 e. The van der Waals surface area contributed by atoms with Crippen molar-refractivity contribution in [3.05, 3.63) is 223 Å². The van der Waals surface area contributed by atoms with Crippen molar-refractivity contribution < 1.29 is 0 Å². The van der Waals surface area contributed by atoms with E-state index >= 15 is 0 Å². The van der Waals surface area contributed by atoms with Crippen molar-refractivity contribution in [2.24, 2.45) is 0 Å². The highest BCUT2D eigenvalue weighted by Crippen LogP contribution is 2.47. The van der Waals surface area contributed by atoms with Crippen LogP contribution in [0.1, 0.15) is 11.1 Å². The van der Waals surface area contributed by atoms with Gasteiger partial charge in [0.05, 0.1) is 22.1 Å². The molecular weight excluding hydrogens is 779 g/mol. The van der Waals surface area contributed by atoms with Gasteiger partial charge in [0.25, 0.3) is 0 Å². The second-order valence-corrected chi connectivity index (χ2v) is 16.7. The van der Waals surface area contributed by atoms with Crippen molar-refractivity contribution in [2.75, 3.05) is 0 Å². The molecule has 0 N–H and O–H groups in total. The fourth-order valence-corrected chi connectivity index (χ4v) is 10.1. The van der Waals surface area contributed by atoms with E-state index in [9.17, 15) is 0 Å². The van der Waals surface area contributed by atoms with Gasteiger partial charge in [-0.3, -0.25) is 0 Å². The summed E-state index contributed by atoms with van der Waals surface area (Å²) in [7, 11) is 0. The van der Waals surface area contributed by atoms with Crippen molar-refractivity contribution in [1.82, 2.24) is 24.1 Å². The van der Waals surface area contributed by atoms with E-state index in [1.54, 1.807) is 0 Å². The predicted octanol–water partition coefficient (Wildman–Crippen LogP) is 14.5. The molecular formula is C59H39N5. The molecule has 0 saturated carbocycles. The molecule has 0 atom stereocenters. The van der Waals surface area contributed by atoms with Gasteiger partial charge in [-0.15, -0.1) is 0 Å². The van der Waals surface area contributed by atoms with Crippen LogP contribution in [0.5, 0.6) is 0 Å². The first-order chi connectivity index (χ1) is 31.7. The Morgan fingerprint density at radius 2 is 0.844 bits per heavy atom. The van der Waals surface area contributed by atoms with E-state index < -0.39 is 0 Å². The Kier molecular flexibility index (Phi) is 8.28. The van der Waals surface area contributed by atoms with E-state index in [0.29, 0.717) is 17.5 Å². The molecule has 0 fully saturated rings. The van der Waals surface area contributed by atoms with E-state index in [-0.39, 0.29) is 0 Å². The molecule has 0 amide bonds. The number of rotatable bonds is 7. The summed E-state index contributed by atoms with van der Waals surface area (Å²) in [5.41, 5.74) is 17.4. The zero-order chi connectivity index (χ0) is 42.1. The molecule has 0 saturated heterocycles. The van der Waals surface area contributed by atoms with Gasteiger partial charge in [0, 0.05) is 49.6 Å². The minimum atomic E-state index is 0.627. The molecule has 0 bridgehead atoms. The Morgan fingerprint density at radius 1 is 0.312 bits per heavy atom. The normalized spacial score (nSPS) is 12.2. The number of aromatic nitrogens is 5. The van der Waals surface area contributed by atoms with Crippen molar-refractivity contribution in [1.29, 1.82) is 0 Å². The predicted molar refractivity (Wildman–Crippen MR) is 263 cm³/mol. The van der Waals surface area contributed by atoms with Crippen molar-refractivity contribution in [3.8, 4) is 67.8 Å². The smallest absolute Gasteiger partial charge is 0.164 e. The Morgan fingerprint density at radius 3 is 1.50 bits per heavy atom. The van der Waals surface area contributed by atoms with Gasteiger partial charge in [0.1, 0.15) is 0 Å². The van der Waals surface area contributed by atoms with Crippen LogP contribution >= 0.6 is 0 Å². The molecule has 1 aliphatic rings. The third-order valence-electron chi connectivity index (χ3n) is 13.0. The molecule has 3 heterocycles. The maximum Gasteiger partial charge on any atom is 0.164 e. The van der Waals surface area contributed by atoms with Crippen molar-refractivity contribution in [2.45, 2.75) is 12.8 Å². The SMILES string of the molecule is c1ccc(-c2ccc(-n3c4cccc5c4c4c(c6c(cc43)c3ccccc3n6-c3cc(-c4ccccc4)cc(-c4nc(-c6ccccc6)nc(-c6ccccc6)n4)c3)CC5)cc2)cc1. The molecule has 0 radical (unpaired) electrons. The Hall–Kier alpha value is -8.41. The van der Waals surface area contributed by atoms with Gasteiger partial charge in [-0.25, -0.2) is 15.0 Å². The Labute approximate surface area is 370 Å². The summed E-state index contributed by atoms with van der Waals surface area (Å²) < 4.78 is 5.01. The summed E-state index contributed by atoms with van der Waals surface area (Å²) in [6, 6.07) is 75.8. The number of hydrogen-bond donors (Lipinski definition) is 0. The molecule has 5 heteroatoms. The molecule has 1 aliphatic carbocycles. The Bertz CT molecular complexity index is 3680. The molecule has 9 aromatic carbocycles. The number of fused-ring (bicyclic) bond motifs is 4. The molecule has 0 unspecified atom stereocenters. The zero-order valence-electron chi connectivity index (χ0n) is 34.9. The molecule has 13 rings (SSSR count). The summed E-state index contributed by atoms with van der Waals surface area (Å²) in [5, 5.41) is 5.17. The van der Waals surface area contributed by atoms with Crippen molar-refractivity contribution in [3.63, 3.8) is 0 Å². The lowest BCUT2D eigenvalue weighted by Gasteiger charge is -2.18. The monoisotopic (exact) mass is 817 g/mol. The first-order valence-electron chi connectivity index (χ1n) is 22.0. The van der Waals surface area contributed by atoms with Crippen LogP contribution in [0.25, 0.3) is 111 Å². The average Bonchev–Trinajstić information content (AvgIpc) is 3.90. The fraction of sp³-hybridized carbons (Fsp3) is 0.0339. The van der Waals surface area contributed by atoms with Gasteiger partial charge >= 0.3 is 0 Å². The van der Waals surface area contributed by atoms with Crippen molar-refractivity contribution >= 4 is 43.6 Å². The van der Waals surface area contributed by atoms with E-state index in [1.165, 1.54) is 60.3 Å². The lowest BCUT2D eigenvalue weighted by Crippen LogP contribution is -2.04. The second-order valence-electron chi connectivity index (χ2n) is 16.7. The number of benzene rings is 9. The third-order valence-corrected chi connectivity index (χ3v) is 13.0. The van der Waals surface area contributed by atoms with Crippen LogP contribution in [0.15, 0.2) is 212 Å². The molecule has 0 aliphatic heterocycles. The van der Waals surface area contributed by atoms with Gasteiger partial charge in [0.15, 0.2) is 17.5 Å². The lowest BCUT2D eigenvalue weighted by molar-refractivity contribution is 0.969. The summed E-state index contributed by atoms with van der Waals surface area (Å²) in [6.45, 7) is 0. The molecule has 64 heavy (non-hydrogen) atoms. The van der Waals surface area contributed by atoms with Gasteiger partial charge in [-0.05, 0) is 94.8 Å². The first kappa shape index (κ1) is 36.3. The fourth-order valence-electron chi connectivity index (χ4n) is 10.1. The first-order valence-corrected chi connectivity index (χ1v) is 22.0. The average molecular weight is 818 g/mol. The van der Waals surface area contributed by atoms with Crippen LogP contribution in [0, 0.1) is 0 Å². The van der Waals surface area contributed by atoms with Crippen LogP contribution < -0.4 is 0 Å². The summed E-state index contributed by atoms with van der Waals surface area (Å²) >= 11 is 0. The van der Waals surface area contributed by atoms with Crippen LogP contribution in [0.3, 0.4) is 0 Å². The maximum atomic E-state index is 5.22. The van der Waals surface area contributed by atoms with Gasteiger partial charge < -0.3 is 9.13 Å². The van der Waals surface area contributed by atoms with Crippen LogP contribution in [0.4, 0.5) is 0 Å². The molecule has 12 aromatic rings. The van der Waals surface area contributed by atoms with Crippen LogP contribution in [-0.2, 0) is 12.8 Å². The Balaban J connectivity index is 1.09. The summed E-state index contributed by atoms with van der Waals surface area (Å²) in [4.78, 5) is 15.5. The molecule has 3 aromatic heterocycles. The number of nitrogens with zero attached hydrogens (tertiary/aromatic N) is 5. The number of para-hydroxylation sites is 1. The summed E-state index contributed by atoms with van der Waals surface area (Å²) in [6.07, 6.45) is 1.91. The third kappa shape index (κ3) is 5.82. The topological polar surface area (TPSA) is 48.5 Å². The minimum absolute atomic E-state index is 0.627. The van der Waals surface area contributed by atoms with E-state index in [0.717, 1.165) is 57.6 Å². The van der Waals surface area contributed by atoms with E-state index in [1.807, 2.05) is 36.4 Å². The standard InChI is InChI=1S/C59H39N5/c1-5-16-38(17-6-1)40-28-31-46(32-29-40)63-52-27-15-24-41-30-33-49-55(54(41)52)53(63)37-50-48-25-13-14-26-51(48)64(56(49)50)47-35-44(39-18-7-2-8-19-39)34-45(36-47)59-61-57(42-20-9-3-10-21-42)60-58(62-59)43-22-11-4-12-23-43/h1-29,31-32,34-37H,30,33H2. The highest BCUT2D eigenvalue weighted by atomic mass is 15.0. The highest BCUT2D eigenvalue weighted by molar-refractivity contribution is 6.22. The minimum Gasteiger partial charge on any atom is -0.309 e. The van der Waals surface area contributed by atoms with Crippen LogP contribution in [0.2, 0.25) is 0 Å². The molecule has 300 valence electrons. The summed E-state index contributed by atoms with van der Waals surface area (Å²) in [5.74, 6) is 1.91. The van der Waals surface area contributed by atoms with Gasteiger partial charge in [0.2, 0.25) is 0 Å². The quantitative estimate of drug-likeness (QED) is 0.161. The van der Waals surface area contributed by atoms with Gasteiger partial charge in [-0.1, -0.05) is 164 Å². The maximum absolute atomic E-state index is 5.22. The van der Waals surface area contributed by atoms with Crippen LogP contribution in [-0.4, -0.2) is 24.1 Å². The lowest BCUT2D eigenvalue weighted by atomic mass is 9.89. The second kappa shape index (κ2) is 14.6. The van der Waals surface area contributed by atoms with Gasteiger partial charge in [-0.2, -0.15) is 0 Å². The van der Waals surface area contributed by atoms with E-state index in [4.69, 9.17) is 15.0 Å². The molecule has 0 spiro atoms. The highest BCUT2D eigenvalue weighted by Gasteiger charge is 2.27. The number of aryl methyl sites for hydroxylation is 2. The zero-order valence-corrected chi connectivity index (χ0v) is 34.9. The molecule has 5 nitrogen and oxygen atoms in total.